The molecule has 0 saturated carbocycles. The first kappa shape index (κ1) is 33.7. The molecule has 1 amide bonds. The van der Waals surface area contributed by atoms with E-state index < -0.39 is 49.5 Å². The number of hydrogen-bond acceptors (Lipinski definition) is 9. The Kier molecular flexibility index (Phi) is 11.1. The van der Waals surface area contributed by atoms with Crippen LogP contribution in [0.4, 0.5) is 18.9 Å². The van der Waals surface area contributed by atoms with Crippen molar-refractivity contribution in [2.75, 3.05) is 17.6 Å². The fourth-order valence-corrected chi connectivity index (χ4v) is 4.55. The molecule has 20 heteroatoms. The highest BCUT2D eigenvalue weighted by atomic mass is 32.2. The van der Waals surface area contributed by atoms with Crippen LogP contribution in [0.1, 0.15) is 18.2 Å². The Morgan fingerprint density at radius 1 is 1.05 bits per heavy atom. The number of hydrogen-bond donors (Lipinski definition) is 5. The van der Waals surface area contributed by atoms with Crippen LogP contribution in [0.5, 0.6) is 0 Å². The lowest BCUT2D eigenvalue weighted by atomic mass is 10.1. The van der Waals surface area contributed by atoms with E-state index in [9.17, 15) is 39.6 Å². The molecule has 0 radical (unpaired) electrons. The number of sulfone groups is 1. The normalized spacial score (nSPS) is 12.3. The zero-order chi connectivity index (χ0) is 31.1. The number of benzene rings is 1. The Hall–Kier alpha value is -4.33. The van der Waals surface area contributed by atoms with Crippen LogP contribution in [0.3, 0.4) is 0 Å². The summed E-state index contributed by atoms with van der Waals surface area (Å²) in [5, 5.41) is 10.4. The average Bonchev–Trinajstić information content (AvgIpc) is 2.81. The van der Waals surface area contributed by atoms with E-state index in [0.717, 1.165) is 35.1 Å². The summed E-state index contributed by atoms with van der Waals surface area (Å²) in [6.45, 7) is 1.39. The average molecular weight is 615 g/mol. The zero-order valence-corrected chi connectivity index (χ0v) is 22.4. The van der Waals surface area contributed by atoms with E-state index in [1.807, 2.05) is 0 Å². The van der Waals surface area contributed by atoms with E-state index in [-0.39, 0.29) is 34.5 Å². The number of alkyl halides is 3. The number of carboxylic acids is 1. The molecule has 1 aromatic heterocycles. The molecule has 1 aromatic carbocycles. The maximum absolute atomic E-state index is 13.0. The van der Waals surface area contributed by atoms with Gasteiger partial charge in [-0.15, -0.1) is 0 Å². The van der Waals surface area contributed by atoms with E-state index in [0.29, 0.717) is 5.69 Å². The number of anilines is 1. The lowest BCUT2D eigenvalue weighted by molar-refractivity contribution is -0.192. The minimum Gasteiger partial charge on any atom is -0.475 e. The molecule has 1 heterocycles. The Morgan fingerprint density at radius 2 is 1.55 bits per heavy atom. The number of primary amides is 1. The zero-order valence-electron chi connectivity index (χ0n) is 20.7. The molecule has 1 atom stereocenters. The number of carbonyl (C=O) groups excluding carboxylic acids is 1. The Labute approximate surface area is 225 Å². The highest BCUT2D eigenvalue weighted by molar-refractivity contribution is 7.92. The van der Waals surface area contributed by atoms with Gasteiger partial charge in [0.25, 0.3) is 15.6 Å². The van der Waals surface area contributed by atoms with Crippen molar-refractivity contribution in [3.05, 3.63) is 52.4 Å². The van der Waals surface area contributed by atoms with Crippen LogP contribution in [0.25, 0.3) is 0 Å². The third kappa shape index (κ3) is 9.76. The summed E-state index contributed by atoms with van der Waals surface area (Å²) >= 11 is 0. The molecular weight excluding hydrogens is 589 g/mol. The molecule has 0 aliphatic rings. The molecule has 0 aliphatic carbocycles. The number of pyridine rings is 1. The SMILES string of the molecule is Cc1ccc(NS(=O)(=O)c2ccc(S(C)(=O)=O)cc2)c(=O)n1C(CCON=C(N)N)C(N)=O.O=C(O)C(F)(F)F. The van der Waals surface area contributed by atoms with Gasteiger partial charge in [0.15, 0.2) is 9.84 Å². The van der Waals surface area contributed by atoms with Crippen molar-refractivity contribution in [2.24, 2.45) is 22.4 Å². The van der Waals surface area contributed by atoms with Gasteiger partial charge in [0, 0.05) is 18.4 Å². The van der Waals surface area contributed by atoms with Gasteiger partial charge in [0.1, 0.15) is 18.3 Å². The van der Waals surface area contributed by atoms with Crippen molar-refractivity contribution in [1.29, 1.82) is 0 Å². The fraction of sp³-hybridized carbons (Fsp3) is 0.300. The summed E-state index contributed by atoms with van der Waals surface area (Å²) in [4.78, 5) is 38.4. The molecule has 0 spiro atoms. The molecule has 0 bridgehead atoms. The molecule has 8 N–H and O–H groups in total. The number of nitrogens with two attached hydrogens (primary N) is 3. The molecule has 2 rings (SSSR count). The van der Waals surface area contributed by atoms with E-state index >= 15 is 0 Å². The Bertz CT molecular complexity index is 1530. The van der Waals surface area contributed by atoms with E-state index in [1.54, 1.807) is 0 Å². The van der Waals surface area contributed by atoms with Crippen molar-refractivity contribution in [1.82, 2.24) is 4.57 Å². The second-order valence-electron chi connectivity index (χ2n) is 7.77. The molecule has 40 heavy (non-hydrogen) atoms. The van der Waals surface area contributed by atoms with Gasteiger partial charge < -0.3 is 27.1 Å². The van der Waals surface area contributed by atoms with Crippen LogP contribution in [0.2, 0.25) is 0 Å². The quantitative estimate of drug-likeness (QED) is 0.0997. The van der Waals surface area contributed by atoms with E-state index in [1.165, 1.54) is 19.1 Å². The Balaban J connectivity index is 0.00000101. The summed E-state index contributed by atoms with van der Waals surface area (Å²) in [7, 11) is -7.77. The summed E-state index contributed by atoms with van der Waals surface area (Å²) < 4.78 is 83.5. The third-order valence-corrected chi connectivity index (χ3v) is 7.17. The summed E-state index contributed by atoms with van der Waals surface area (Å²) in [5.41, 5.74) is 14.9. The number of rotatable bonds is 10. The maximum atomic E-state index is 13.0. The maximum Gasteiger partial charge on any atom is 0.490 e. The number of halogens is 3. The third-order valence-electron chi connectivity index (χ3n) is 4.66. The van der Waals surface area contributed by atoms with E-state index in [2.05, 4.69) is 9.88 Å². The van der Waals surface area contributed by atoms with Gasteiger partial charge in [-0.3, -0.25) is 18.9 Å². The smallest absolute Gasteiger partial charge is 0.475 e. The number of carbonyl (C=O) groups is 2. The standard InChI is InChI=1S/C18H24N6O7S2.C2HF3O2/c1-11-3-8-14(17(26)24(11)15(16(19)25)9-10-31-22-18(20)21)23-33(29,30)13-6-4-12(5-7-13)32(2,27)28;3-2(4,5)1(6)7/h3-8,15,23H,9-10H2,1-2H3,(H2,19,25)(H4,20,21,22);(H,6,7). The summed E-state index contributed by atoms with van der Waals surface area (Å²) in [6.07, 6.45) is -4.17. The number of nitrogens with one attached hydrogen (secondary N) is 1. The van der Waals surface area contributed by atoms with Crippen molar-refractivity contribution in [3.63, 3.8) is 0 Å². The number of guanidine groups is 1. The number of nitrogens with zero attached hydrogens (tertiary/aromatic N) is 2. The number of aromatic nitrogens is 1. The number of aliphatic carboxylic acids is 1. The second-order valence-corrected chi connectivity index (χ2v) is 11.5. The van der Waals surface area contributed by atoms with Crippen molar-refractivity contribution in [2.45, 2.75) is 35.4 Å². The van der Waals surface area contributed by atoms with Crippen LogP contribution in [-0.2, 0) is 34.3 Å². The molecule has 0 saturated heterocycles. The lowest BCUT2D eigenvalue weighted by Gasteiger charge is -2.20. The van der Waals surface area contributed by atoms with Crippen LogP contribution < -0.4 is 27.5 Å². The highest BCUT2D eigenvalue weighted by Crippen LogP contribution is 2.19. The van der Waals surface area contributed by atoms with Crippen molar-refractivity contribution < 1.29 is 49.5 Å². The molecule has 0 aliphatic heterocycles. The largest absolute Gasteiger partial charge is 0.490 e. The number of amides is 1. The van der Waals surface area contributed by atoms with Gasteiger partial charge in [-0.25, -0.2) is 21.6 Å². The highest BCUT2D eigenvalue weighted by Gasteiger charge is 2.38. The molecular formula is C20H25F3N6O9S2. The fourth-order valence-electron chi connectivity index (χ4n) is 2.86. The van der Waals surface area contributed by atoms with Gasteiger partial charge in [-0.1, -0.05) is 0 Å². The van der Waals surface area contributed by atoms with Crippen LogP contribution >= 0.6 is 0 Å². The van der Waals surface area contributed by atoms with Gasteiger partial charge in [-0.05, 0) is 48.5 Å². The number of sulfonamides is 1. The minimum atomic E-state index is -5.08. The molecule has 0 fully saturated rings. The van der Waals surface area contributed by atoms with Gasteiger partial charge >= 0.3 is 12.1 Å². The molecule has 1 unspecified atom stereocenters. The van der Waals surface area contributed by atoms with Crippen LogP contribution in [0.15, 0.2) is 56.1 Å². The molecule has 222 valence electrons. The lowest BCUT2D eigenvalue weighted by Crippen LogP contribution is -2.37. The molecule has 2 aromatic rings. The second kappa shape index (κ2) is 13.2. The Morgan fingerprint density at radius 3 is 1.98 bits per heavy atom. The predicted molar refractivity (Wildman–Crippen MR) is 134 cm³/mol. The number of carboxylic acid groups (broad SMARTS) is 1. The minimum absolute atomic E-state index is 0.0635. The van der Waals surface area contributed by atoms with Gasteiger partial charge in [-0.2, -0.15) is 13.2 Å². The first-order chi connectivity index (χ1) is 18.2. The summed E-state index contributed by atoms with van der Waals surface area (Å²) in [5.74, 6) is -3.95. The van der Waals surface area contributed by atoms with Crippen LogP contribution in [0, 0.1) is 6.92 Å². The number of oxime groups is 1. The summed E-state index contributed by atoms with van der Waals surface area (Å²) in [6, 6.07) is 5.96. The van der Waals surface area contributed by atoms with Crippen molar-refractivity contribution >= 4 is 43.4 Å². The van der Waals surface area contributed by atoms with Crippen molar-refractivity contribution in [3.8, 4) is 0 Å². The predicted octanol–water partition coefficient (Wildman–Crippen LogP) is -0.384. The van der Waals surface area contributed by atoms with Crippen LogP contribution in [-0.4, -0.2) is 63.4 Å². The molecule has 15 nitrogen and oxygen atoms in total. The first-order valence-corrected chi connectivity index (χ1v) is 13.9. The monoisotopic (exact) mass is 614 g/mol. The first-order valence-electron chi connectivity index (χ1n) is 10.5. The number of aryl methyl sites for hydroxylation is 1. The topological polar surface area (TPSA) is 256 Å². The van der Waals surface area contributed by atoms with Gasteiger partial charge in [0.2, 0.25) is 11.9 Å². The van der Waals surface area contributed by atoms with E-state index in [4.69, 9.17) is 31.9 Å². The van der Waals surface area contributed by atoms with Gasteiger partial charge in [0.05, 0.1) is 9.79 Å².